The van der Waals surface area contributed by atoms with E-state index in [4.69, 9.17) is 4.74 Å². The lowest BCUT2D eigenvalue weighted by molar-refractivity contribution is -0.385. The first-order chi connectivity index (χ1) is 11.5. The lowest BCUT2D eigenvalue weighted by atomic mass is 10.0. The molecule has 6 heteroatoms. The van der Waals surface area contributed by atoms with Gasteiger partial charge in [0.15, 0.2) is 0 Å². The summed E-state index contributed by atoms with van der Waals surface area (Å²) in [4.78, 5) is 25.1. The number of ether oxygens (including phenoxy) is 1. The van der Waals surface area contributed by atoms with Crippen molar-refractivity contribution in [3.05, 3.63) is 39.4 Å². The minimum Gasteiger partial charge on any atom is -0.378 e. The molecule has 1 saturated heterocycles. The summed E-state index contributed by atoms with van der Waals surface area (Å²) in [7, 11) is 0. The molecule has 1 aliphatic rings. The zero-order chi connectivity index (χ0) is 17.5. The maximum atomic E-state index is 12.6. The number of hydrogen-bond donors (Lipinski definition) is 0. The highest BCUT2D eigenvalue weighted by molar-refractivity contribution is 5.79. The zero-order valence-corrected chi connectivity index (χ0v) is 14.5. The molecule has 24 heavy (non-hydrogen) atoms. The van der Waals surface area contributed by atoms with Crippen molar-refractivity contribution in [2.45, 2.75) is 52.1 Å². The molecule has 132 valence electrons. The van der Waals surface area contributed by atoms with E-state index in [1.165, 1.54) is 6.07 Å². The smallest absolute Gasteiger partial charge is 0.272 e. The molecule has 1 amide bonds. The number of hydrogen-bond acceptors (Lipinski definition) is 4. The Labute approximate surface area is 142 Å². The molecule has 0 aliphatic carbocycles. The molecule has 0 N–H and O–H groups in total. The molecule has 1 aliphatic heterocycles. The topological polar surface area (TPSA) is 72.7 Å². The van der Waals surface area contributed by atoms with Gasteiger partial charge in [-0.25, -0.2) is 0 Å². The van der Waals surface area contributed by atoms with E-state index in [0.717, 1.165) is 44.4 Å². The number of nitrogens with zero attached hydrogens (tertiary/aromatic N) is 2. The first kappa shape index (κ1) is 18.4. The Balaban J connectivity index is 1.98. The number of nitro groups is 1. The van der Waals surface area contributed by atoms with Gasteiger partial charge < -0.3 is 9.64 Å². The molecule has 0 aromatic heterocycles. The Hall–Kier alpha value is -1.95. The third kappa shape index (κ3) is 4.77. The summed E-state index contributed by atoms with van der Waals surface area (Å²) in [6.07, 6.45) is 4.24. The van der Waals surface area contributed by atoms with E-state index in [9.17, 15) is 14.9 Å². The summed E-state index contributed by atoms with van der Waals surface area (Å²) in [6.45, 7) is 6.00. The van der Waals surface area contributed by atoms with Crippen LogP contribution in [0.2, 0.25) is 0 Å². The van der Waals surface area contributed by atoms with Crippen LogP contribution in [0.1, 0.15) is 43.7 Å². The molecule has 1 fully saturated rings. The summed E-state index contributed by atoms with van der Waals surface area (Å²) in [5.41, 5.74) is 1.39. The Morgan fingerprint density at radius 2 is 2.17 bits per heavy atom. The fraction of sp³-hybridized carbons (Fsp3) is 0.611. The fourth-order valence-corrected chi connectivity index (χ4v) is 3.10. The molecule has 0 radical (unpaired) electrons. The minimum atomic E-state index is -0.398. The molecular weight excluding hydrogens is 308 g/mol. The number of rotatable bonds is 6. The van der Waals surface area contributed by atoms with Gasteiger partial charge in [0, 0.05) is 31.3 Å². The lowest BCUT2D eigenvalue weighted by Gasteiger charge is -2.21. The van der Waals surface area contributed by atoms with Gasteiger partial charge in [0.25, 0.3) is 5.69 Å². The van der Waals surface area contributed by atoms with E-state index < -0.39 is 4.92 Å². The highest BCUT2D eigenvalue weighted by atomic mass is 16.6. The number of carbonyl (C=O) groups excluding carboxylic acids is 1. The van der Waals surface area contributed by atoms with Crippen molar-refractivity contribution in [1.29, 1.82) is 0 Å². The van der Waals surface area contributed by atoms with Crippen LogP contribution in [-0.2, 0) is 16.0 Å². The maximum absolute atomic E-state index is 12.6. The van der Waals surface area contributed by atoms with E-state index in [1.807, 2.05) is 4.90 Å². The van der Waals surface area contributed by atoms with Crippen LogP contribution in [0, 0.1) is 17.0 Å². The van der Waals surface area contributed by atoms with E-state index >= 15 is 0 Å². The van der Waals surface area contributed by atoms with Crippen molar-refractivity contribution < 1.29 is 14.5 Å². The highest BCUT2D eigenvalue weighted by Crippen LogP contribution is 2.22. The van der Waals surface area contributed by atoms with Gasteiger partial charge in [0.2, 0.25) is 5.91 Å². The molecule has 1 atom stereocenters. The molecule has 0 saturated carbocycles. The van der Waals surface area contributed by atoms with Crippen molar-refractivity contribution >= 4 is 11.6 Å². The highest BCUT2D eigenvalue weighted by Gasteiger charge is 2.22. The van der Waals surface area contributed by atoms with Crippen molar-refractivity contribution in [3.8, 4) is 0 Å². The quantitative estimate of drug-likeness (QED) is 0.591. The van der Waals surface area contributed by atoms with Gasteiger partial charge in [0.1, 0.15) is 0 Å². The molecule has 1 unspecified atom stereocenters. The van der Waals surface area contributed by atoms with E-state index in [1.54, 1.807) is 19.1 Å². The van der Waals surface area contributed by atoms with Gasteiger partial charge >= 0.3 is 0 Å². The van der Waals surface area contributed by atoms with Crippen LogP contribution in [0.15, 0.2) is 18.2 Å². The third-order valence-corrected chi connectivity index (χ3v) is 4.54. The average Bonchev–Trinajstić information content (AvgIpc) is 2.80. The van der Waals surface area contributed by atoms with Crippen LogP contribution in [0.4, 0.5) is 5.69 Å². The molecule has 6 nitrogen and oxygen atoms in total. The largest absolute Gasteiger partial charge is 0.378 e. The minimum absolute atomic E-state index is 0.0368. The Morgan fingerprint density at radius 1 is 1.38 bits per heavy atom. The summed E-state index contributed by atoms with van der Waals surface area (Å²) in [5.74, 6) is 0.0368. The molecule has 1 heterocycles. The molecule has 2 rings (SSSR count). The zero-order valence-electron chi connectivity index (χ0n) is 14.5. The van der Waals surface area contributed by atoms with Crippen molar-refractivity contribution in [2.75, 3.05) is 19.7 Å². The van der Waals surface area contributed by atoms with E-state index in [2.05, 4.69) is 6.92 Å². The van der Waals surface area contributed by atoms with E-state index in [0.29, 0.717) is 12.1 Å². The summed E-state index contributed by atoms with van der Waals surface area (Å²) >= 11 is 0. The van der Waals surface area contributed by atoms with Gasteiger partial charge in [-0.05, 0) is 38.2 Å². The maximum Gasteiger partial charge on any atom is 0.272 e. The summed E-state index contributed by atoms with van der Waals surface area (Å²) in [5, 5.41) is 11.0. The number of likely N-dealkylation sites (tertiary alicyclic amines) is 1. The average molecular weight is 334 g/mol. The van der Waals surface area contributed by atoms with Crippen LogP contribution in [0.25, 0.3) is 0 Å². The van der Waals surface area contributed by atoms with Gasteiger partial charge in [-0.15, -0.1) is 0 Å². The van der Waals surface area contributed by atoms with Gasteiger partial charge in [-0.3, -0.25) is 14.9 Å². The Morgan fingerprint density at radius 3 is 2.88 bits per heavy atom. The van der Waals surface area contributed by atoms with Crippen molar-refractivity contribution in [3.63, 3.8) is 0 Å². The van der Waals surface area contributed by atoms with Crippen LogP contribution >= 0.6 is 0 Å². The number of amides is 1. The fourth-order valence-electron chi connectivity index (χ4n) is 3.10. The lowest BCUT2D eigenvalue weighted by Crippen LogP contribution is -2.33. The van der Waals surface area contributed by atoms with Crippen molar-refractivity contribution in [2.24, 2.45) is 0 Å². The monoisotopic (exact) mass is 334 g/mol. The molecule has 1 aromatic rings. The molecule has 0 spiro atoms. The molecule has 0 bridgehead atoms. The van der Waals surface area contributed by atoms with Gasteiger partial charge in [-0.1, -0.05) is 19.1 Å². The number of carbonyl (C=O) groups is 1. The summed E-state index contributed by atoms with van der Waals surface area (Å²) < 4.78 is 5.81. The van der Waals surface area contributed by atoms with Gasteiger partial charge in [0.05, 0.1) is 17.4 Å². The number of benzene rings is 1. The van der Waals surface area contributed by atoms with Crippen LogP contribution < -0.4 is 0 Å². The third-order valence-electron chi connectivity index (χ3n) is 4.54. The second kappa shape index (κ2) is 8.78. The molecular formula is C18H26N2O4. The Kier molecular flexibility index (Phi) is 6.73. The first-order valence-corrected chi connectivity index (χ1v) is 8.65. The second-order valence-corrected chi connectivity index (χ2v) is 6.30. The summed E-state index contributed by atoms with van der Waals surface area (Å²) in [6, 6.07) is 4.92. The Bertz CT molecular complexity index is 588. The SMILES string of the molecule is CCCOC1CCCN(C(=O)Cc2cccc([N+](=O)[O-])c2C)CC1. The predicted molar refractivity (Wildman–Crippen MR) is 92.0 cm³/mol. The first-order valence-electron chi connectivity index (χ1n) is 8.65. The normalized spacial score (nSPS) is 18.2. The van der Waals surface area contributed by atoms with E-state index in [-0.39, 0.29) is 24.1 Å². The van der Waals surface area contributed by atoms with Crippen LogP contribution in [0.5, 0.6) is 0 Å². The van der Waals surface area contributed by atoms with Gasteiger partial charge in [-0.2, -0.15) is 0 Å². The number of nitro benzene ring substituents is 1. The van der Waals surface area contributed by atoms with Crippen LogP contribution in [0.3, 0.4) is 0 Å². The standard InChI is InChI=1S/C18H26N2O4/c1-3-12-24-16-7-5-10-19(11-9-16)18(21)13-15-6-4-8-17(14(15)2)20(22)23/h4,6,8,16H,3,5,7,9-13H2,1-2H3. The van der Waals surface area contributed by atoms with Crippen LogP contribution in [-0.4, -0.2) is 41.5 Å². The molecule has 1 aromatic carbocycles. The second-order valence-electron chi connectivity index (χ2n) is 6.30. The van der Waals surface area contributed by atoms with Crippen molar-refractivity contribution in [1.82, 2.24) is 4.90 Å². The predicted octanol–water partition coefficient (Wildman–Crippen LogP) is 3.25.